The molecule has 1 fully saturated rings. The van der Waals surface area contributed by atoms with Crippen molar-refractivity contribution in [3.05, 3.63) is 16.8 Å². The van der Waals surface area contributed by atoms with Crippen molar-refractivity contribution in [2.24, 2.45) is 5.73 Å². The summed E-state index contributed by atoms with van der Waals surface area (Å²) in [5.74, 6) is 1.12. The number of aromatic nitrogens is 2. The van der Waals surface area contributed by atoms with E-state index in [0.717, 1.165) is 61.0 Å². The van der Waals surface area contributed by atoms with Gasteiger partial charge in [-0.2, -0.15) is 0 Å². The number of nitrogens with zero attached hydrogens (tertiary/aromatic N) is 2. The summed E-state index contributed by atoms with van der Waals surface area (Å²) in [5, 5.41) is 10.9. The molecule has 130 valence electrons. The summed E-state index contributed by atoms with van der Waals surface area (Å²) in [6, 6.07) is 0.316. The molecule has 2 aromatic rings. The highest BCUT2D eigenvalue weighted by atomic mass is 32.1. The van der Waals surface area contributed by atoms with Gasteiger partial charge in [-0.25, -0.2) is 9.97 Å². The third-order valence-electron chi connectivity index (χ3n) is 5.32. The van der Waals surface area contributed by atoms with Crippen LogP contribution in [0.3, 0.4) is 0 Å². The highest BCUT2D eigenvalue weighted by molar-refractivity contribution is 7.19. The lowest BCUT2D eigenvalue weighted by Crippen LogP contribution is -2.31. The maximum Gasteiger partial charge on any atom is 0.225 e. The van der Waals surface area contributed by atoms with Gasteiger partial charge in [0.05, 0.1) is 11.5 Å². The van der Waals surface area contributed by atoms with Crippen LogP contribution in [0.2, 0.25) is 0 Å². The van der Waals surface area contributed by atoms with Crippen molar-refractivity contribution in [1.29, 1.82) is 0 Å². The van der Waals surface area contributed by atoms with Crippen LogP contribution in [0.4, 0.5) is 0 Å². The van der Waals surface area contributed by atoms with Crippen molar-refractivity contribution >= 4 is 21.6 Å². The maximum absolute atomic E-state index is 9.83. The minimum Gasteiger partial charge on any atom is -0.474 e. The Bertz CT molecular complexity index is 722. The second-order valence-corrected chi connectivity index (χ2v) is 8.36. The summed E-state index contributed by atoms with van der Waals surface area (Å²) < 4.78 is 6.29. The molecule has 0 radical (unpaired) electrons. The molecule has 0 aliphatic heterocycles. The van der Waals surface area contributed by atoms with Crippen LogP contribution in [0.1, 0.15) is 61.8 Å². The first kappa shape index (κ1) is 16.2. The Kier molecular flexibility index (Phi) is 4.45. The van der Waals surface area contributed by atoms with Gasteiger partial charge in [-0.3, -0.25) is 0 Å². The fourth-order valence-corrected chi connectivity index (χ4v) is 5.37. The predicted octanol–water partition coefficient (Wildman–Crippen LogP) is 3.14. The van der Waals surface area contributed by atoms with E-state index in [1.165, 1.54) is 10.4 Å². The van der Waals surface area contributed by atoms with Gasteiger partial charge in [-0.1, -0.05) is 0 Å². The molecule has 2 atom stereocenters. The molecule has 1 saturated carbocycles. The number of aliphatic hydroxyl groups is 1. The number of hydrogen-bond donors (Lipinski definition) is 2. The Morgan fingerprint density at radius 1 is 1.29 bits per heavy atom. The van der Waals surface area contributed by atoms with E-state index < -0.39 is 0 Å². The van der Waals surface area contributed by atoms with Crippen LogP contribution in [0.15, 0.2) is 6.33 Å². The normalized spacial score (nSPS) is 28.0. The summed E-state index contributed by atoms with van der Waals surface area (Å²) in [6.45, 7) is 1.87. The zero-order valence-corrected chi connectivity index (χ0v) is 14.9. The summed E-state index contributed by atoms with van der Waals surface area (Å²) in [6.07, 6.45) is 8.54. The highest BCUT2D eigenvalue weighted by Crippen LogP contribution is 2.47. The molecule has 4 rings (SSSR count). The van der Waals surface area contributed by atoms with Gasteiger partial charge in [0.1, 0.15) is 17.3 Å². The van der Waals surface area contributed by atoms with E-state index in [-0.39, 0.29) is 12.2 Å². The van der Waals surface area contributed by atoms with Crippen molar-refractivity contribution in [3.63, 3.8) is 0 Å². The van der Waals surface area contributed by atoms with Crippen LogP contribution in [-0.2, 0) is 6.42 Å². The molecule has 0 spiro atoms. The topological polar surface area (TPSA) is 81.3 Å². The van der Waals surface area contributed by atoms with Crippen LogP contribution < -0.4 is 10.5 Å². The third kappa shape index (κ3) is 3.03. The Morgan fingerprint density at radius 2 is 2.08 bits per heavy atom. The molecule has 2 aliphatic rings. The predicted molar refractivity (Wildman–Crippen MR) is 95.6 cm³/mol. The number of aryl methyl sites for hydroxylation is 1. The first-order chi connectivity index (χ1) is 11.6. The van der Waals surface area contributed by atoms with Gasteiger partial charge >= 0.3 is 0 Å². The van der Waals surface area contributed by atoms with Gasteiger partial charge in [0.25, 0.3) is 0 Å². The van der Waals surface area contributed by atoms with Crippen LogP contribution in [0, 0.1) is 0 Å². The van der Waals surface area contributed by atoms with Gasteiger partial charge in [0.15, 0.2) is 0 Å². The van der Waals surface area contributed by atoms with E-state index in [1.807, 2.05) is 6.92 Å². The lowest BCUT2D eigenvalue weighted by atomic mass is 9.93. The van der Waals surface area contributed by atoms with Crippen LogP contribution in [-0.4, -0.2) is 33.3 Å². The Labute approximate surface area is 146 Å². The Balaban J connectivity index is 1.66. The lowest BCUT2D eigenvalue weighted by Gasteiger charge is -2.26. The van der Waals surface area contributed by atoms with Gasteiger partial charge in [0.2, 0.25) is 5.88 Å². The van der Waals surface area contributed by atoms with Crippen molar-refractivity contribution in [1.82, 2.24) is 9.97 Å². The SMILES string of the molecule is CC(O)C[C@H]1CCc2sc3ncnc(OC4CCC(N)CC4)c3c21. The molecule has 0 aromatic carbocycles. The van der Waals surface area contributed by atoms with Crippen LogP contribution in [0.5, 0.6) is 5.88 Å². The van der Waals surface area contributed by atoms with E-state index >= 15 is 0 Å². The Hall–Kier alpha value is -1.24. The van der Waals surface area contributed by atoms with Gasteiger partial charge < -0.3 is 15.6 Å². The first-order valence-corrected chi connectivity index (χ1v) is 9.80. The Morgan fingerprint density at radius 3 is 2.83 bits per heavy atom. The fraction of sp³-hybridized carbons (Fsp3) is 0.667. The second kappa shape index (κ2) is 6.58. The van der Waals surface area contributed by atoms with E-state index in [9.17, 15) is 5.11 Å². The summed E-state index contributed by atoms with van der Waals surface area (Å²) in [4.78, 5) is 11.3. The van der Waals surface area contributed by atoms with E-state index in [1.54, 1.807) is 17.7 Å². The molecular formula is C18H25N3O2S. The molecule has 2 aromatic heterocycles. The van der Waals surface area contributed by atoms with Gasteiger partial charge in [-0.15, -0.1) is 11.3 Å². The number of hydrogen-bond acceptors (Lipinski definition) is 6. The van der Waals surface area contributed by atoms with E-state index in [4.69, 9.17) is 10.5 Å². The molecule has 6 heteroatoms. The highest BCUT2D eigenvalue weighted by Gasteiger charge is 2.31. The molecule has 0 saturated heterocycles. The fourth-order valence-electron chi connectivity index (χ4n) is 4.14. The molecule has 5 nitrogen and oxygen atoms in total. The molecule has 1 unspecified atom stereocenters. The average molecular weight is 347 g/mol. The van der Waals surface area contributed by atoms with Crippen LogP contribution >= 0.6 is 11.3 Å². The van der Waals surface area contributed by atoms with Crippen molar-refractivity contribution in [2.75, 3.05) is 0 Å². The quantitative estimate of drug-likeness (QED) is 0.888. The molecule has 0 amide bonds. The standard InChI is InChI=1S/C18H25N3O2S/c1-10(22)8-11-2-7-14-15(11)16-17(20-9-21-18(16)24-14)23-13-5-3-12(19)4-6-13/h9-13,22H,2-8,19H2,1H3/t10?,11-,12?,13?/m1/s1. The van der Waals surface area contributed by atoms with Gasteiger partial charge in [-0.05, 0) is 63.4 Å². The van der Waals surface area contributed by atoms with Crippen molar-refractivity contribution in [3.8, 4) is 5.88 Å². The smallest absolute Gasteiger partial charge is 0.225 e. The molecule has 2 aliphatic carbocycles. The minimum absolute atomic E-state index is 0.204. The second-order valence-electron chi connectivity index (χ2n) is 7.27. The van der Waals surface area contributed by atoms with E-state index in [0.29, 0.717) is 12.0 Å². The first-order valence-electron chi connectivity index (χ1n) is 8.98. The molecule has 3 N–H and O–H groups in total. The molecular weight excluding hydrogens is 322 g/mol. The number of fused-ring (bicyclic) bond motifs is 3. The average Bonchev–Trinajstić information content (AvgIpc) is 3.09. The molecule has 0 bridgehead atoms. The number of nitrogens with two attached hydrogens (primary N) is 1. The maximum atomic E-state index is 9.83. The lowest BCUT2D eigenvalue weighted by molar-refractivity contribution is 0.143. The zero-order valence-electron chi connectivity index (χ0n) is 14.1. The largest absolute Gasteiger partial charge is 0.474 e. The number of thiophene rings is 1. The molecule has 24 heavy (non-hydrogen) atoms. The van der Waals surface area contributed by atoms with Crippen molar-refractivity contribution < 1.29 is 9.84 Å². The molecule has 2 heterocycles. The summed E-state index contributed by atoms with van der Waals surface area (Å²) >= 11 is 1.76. The van der Waals surface area contributed by atoms with Crippen molar-refractivity contribution in [2.45, 2.75) is 76.0 Å². The minimum atomic E-state index is -0.287. The van der Waals surface area contributed by atoms with Crippen LogP contribution in [0.25, 0.3) is 10.2 Å². The number of rotatable bonds is 4. The summed E-state index contributed by atoms with van der Waals surface area (Å²) in [7, 11) is 0. The number of ether oxygens (including phenoxy) is 1. The number of aliphatic hydroxyl groups excluding tert-OH is 1. The van der Waals surface area contributed by atoms with Gasteiger partial charge in [0, 0.05) is 10.9 Å². The third-order valence-corrected chi connectivity index (χ3v) is 6.49. The monoisotopic (exact) mass is 347 g/mol. The zero-order chi connectivity index (χ0) is 16.7. The van der Waals surface area contributed by atoms with E-state index in [2.05, 4.69) is 9.97 Å². The summed E-state index contributed by atoms with van der Waals surface area (Å²) in [5.41, 5.74) is 7.33.